The largest absolute Gasteiger partial charge is 0.393 e. The fourth-order valence-corrected chi connectivity index (χ4v) is 3.32. The van der Waals surface area contributed by atoms with Crippen molar-refractivity contribution in [1.82, 2.24) is 5.32 Å². The Labute approximate surface area is 154 Å². The molecule has 1 aliphatic rings. The molecule has 26 heavy (non-hydrogen) atoms. The molecular formula is C22H24N2O2. The van der Waals surface area contributed by atoms with Gasteiger partial charge in [-0.1, -0.05) is 42.5 Å². The molecule has 3 rings (SSSR count). The third-order valence-corrected chi connectivity index (χ3v) is 5.07. The van der Waals surface area contributed by atoms with Gasteiger partial charge in [0, 0.05) is 18.0 Å². The van der Waals surface area contributed by atoms with E-state index in [1.807, 2.05) is 42.5 Å². The van der Waals surface area contributed by atoms with Crippen molar-refractivity contribution in [2.45, 2.75) is 43.6 Å². The minimum atomic E-state index is -0.433. The molecule has 1 amide bonds. The molecule has 2 unspecified atom stereocenters. The highest BCUT2D eigenvalue weighted by Gasteiger charge is 2.44. The predicted molar refractivity (Wildman–Crippen MR) is 101 cm³/mol. The molecular weight excluding hydrogens is 324 g/mol. The Morgan fingerprint density at radius 3 is 2.38 bits per heavy atom. The lowest BCUT2D eigenvalue weighted by molar-refractivity contribution is 0.0945. The first-order valence-corrected chi connectivity index (χ1v) is 9.07. The van der Waals surface area contributed by atoms with E-state index in [0.29, 0.717) is 18.5 Å². The molecule has 2 atom stereocenters. The van der Waals surface area contributed by atoms with Crippen LogP contribution in [0.3, 0.4) is 0 Å². The summed E-state index contributed by atoms with van der Waals surface area (Å²) in [5.41, 5.74) is 2.36. The molecule has 2 aromatic carbocycles. The summed E-state index contributed by atoms with van der Waals surface area (Å²) in [6, 6.07) is 19.6. The van der Waals surface area contributed by atoms with Gasteiger partial charge in [-0.25, -0.2) is 0 Å². The van der Waals surface area contributed by atoms with Crippen LogP contribution in [0.1, 0.15) is 53.6 Å². The van der Waals surface area contributed by atoms with E-state index in [0.717, 1.165) is 24.0 Å². The van der Waals surface area contributed by atoms with Crippen LogP contribution in [0, 0.1) is 11.3 Å². The van der Waals surface area contributed by atoms with Gasteiger partial charge in [0.15, 0.2) is 0 Å². The summed E-state index contributed by atoms with van der Waals surface area (Å²) in [6.45, 7) is 2.23. The van der Waals surface area contributed by atoms with E-state index < -0.39 is 6.10 Å². The van der Waals surface area contributed by atoms with Crippen LogP contribution in [-0.2, 0) is 5.41 Å². The molecule has 2 N–H and O–H groups in total. The molecule has 134 valence electrons. The predicted octanol–water partition coefficient (Wildman–Crippen LogP) is 3.53. The van der Waals surface area contributed by atoms with Crippen molar-refractivity contribution in [2.75, 3.05) is 6.54 Å². The van der Waals surface area contributed by atoms with Crippen LogP contribution in [0.25, 0.3) is 0 Å². The van der Waals surface area contributed by atoms with Gasteiger partial charge in [0.2, 0.25) is 0 Å². The van der Waals surface area contributed by atoms with Gasteiger partial charge in [0.05, 0.1) is 17.6 Å². The number of benzene rings is 2. The number of amides is 1. The third kappa shape index (κ3) is 4.12. The highest BCUT2D eigenvalue weighted by atomic mass is 16.3. The maximum atomic E-state index is 12.5. The number of rotatable bonds is 7. The van der Waals surface area contributed by atoms with Crippen molar-refractivity contribution >= 4 is 5.91 Å². The summed E-state index contributed by atoms with van der Waals surface area (Å²) in [7, 11) is 0. The molecule has 1 saturated carbocycles. The number of carbonyl (C=O) groups is 1. The van der Waals surface area contributed by atoms with Crippen LogP contribution < -0.4 is 5.32 Å². The molecule has 1 fully saturated rings. The summed E-state index contributed by atoms with van der Waals surface area (Å²) >= 11 is 0. The fourth-order valence-electron chi connectivity index (χ4n) is 3.32. The highest BCUT2D eigenvalue weighted by molar-refractivity contribution is 5.94. The second-order valence-electron chi connectivity index (χ2n) is 7.17. The maximum Gasteiger partial charge on any atom is 0.251 e. The monoisotopic (exact) mass is 348 g/mol. The van der Waals surface area contributed by atoms with Gasteiger partial charge in [-0.15, -0.1) is 0 Å². The van der Waals surface area contributed by atoms with Crippen molar-refractivity contribution in [3.63, 3.8) is 0 Å². The molecule has 0 spiro atoms. The fraction of sp³-hybridized carbons (Fsp3) is 0.364. The maximum absolute atomic E-state index is 12.5. The topological polar surface area (TPSA) is 73.1 Å². The average Bonchev–Trinajstić information content (AvgIpc) is 3.47. The number of nitrogens with one attached hydrogen (secondary N) is 1. The lowest BCUT2D eigenvalue weighted by atomic mass is 9.93. The zero-order valence-corrected chi connectivity index (χ0v) is 15.0. The van der Waals surface area contributed by atoms with Gasteiger partial charge in [-0.2, -0.15) is 5.26 Å². The van der Waals surface area contributed by atoms with Gasteiger partial charge < -0.3 is 10.4 Å². The van der Waals surface area contributed by atoms with E-state index in [9.17, 15) is 15.2 Å². The van der Waals surface area contributed by atoms with Gasteiger partial charge in [-0.05, 0) is 49.4 Å². The number of hydrogen-bond acceptors (Lipinski definition) is 3. The van der Waals surface area contributed by atoms with Crippen molar-refractivity contribution in [2.24, 2.45) is 0 Å². The molecule has 0 bridgehead atoms. The second kappa shape index (κ2) is 7.72. The van der Waals surface area contributed by atoms with Gasteiger partial charge in [0.25, 0.3) is 5.91 Å². The van der Waals surface area contributed by atoms with Crippen molar-refractivity contribution in [1.29, 1.82) is 5.26 Å². The average molecular weight is 348 g/mol. The van der Waals surface area contributed by atoms with Gasteiger partial charge >= 0.3 is 0 Å². The van der Waals surface area contributed by atoms with Crippen LogP contribution in [0.5, 0.6) is 0 Å². The normalized spacial score (nSPS) is 17.0. The first kappa shape index (κ1) is 18.2. The van der Waals surface area contributed by atoms with Gasteiger partial charge in [-0.3, -0.25) is 4.79 Å². The SMILES string of the molecule is CC(O)CC(CNC(=O)c1ccc(C2(C#N)CC2)cc1)c1ccccc1. The first-order chi connectivity index (χ1) is 12.5. The van der Waals surface area contributed by atoms with E-state index in [1.165, 1.54) is 0 Å². The van der Waals surface area contributed by atoms with Gasteiger partial charge in [0.1, 0.15) is 0 Å². The van der Waals surface area contributed by atoms with Crippen LogP contribution >= 0.6 is 0 Å². The Hall–Kier alpha value is -2.64. The molecule has 1 aliphatic carbocycles. The molecule has 2 aromatic rings. The second-order valence-corrected chi connectivity index (χ2v) is 7.17. The Balaban J connectivity index is 1.64. The number of aliphatic hydroxyl groups excluding tert-OH is 1. The van der Waals surface area contributed by atoms with Crippen LogP contribution in [0.2, 0.25) is 0 Å². The summed E-state index contributed by atoms with van der Waals surface area (Å²) in [5, 5.41) is 22.0. The van der Waals surface area contributed by atoms with E-state index in [2.05, 4.69) is 11.4 Å². The van der Waals surface area contributed by atoms with Crippen LogP contribution in [0.4, 0.5) is 0 Å². The Morgan fingerprint density at radius 1 is 1.19 bits per heavy atom. The zero-order valence-electron chi connectivity index (χ0n) is 15.0. The van der Waals surface area contributed by atoms with E-state index in [4.69, 9.17) is 0 Å². The minimum Gasteiger partial charge on any atom is -0.393 e. The van der Waals surface area contributed by atoms with Crippen molar-refractivity contribution in [3.8, 4) is 6.07 Å². The highest BCUT2D eigenvalue weighted by Crippen LogP contribution is 2.47. The number of nitrogens with zero attached hydrogens (tertiary/aromatic N) is 1. The first-order valence-electron chi connectivity index (χ1n) is 9.07. The molecule has 0 aromatic heterocycles. The Morgan fingerprint density at radius 2 is 1.85 bits per heavy atom. The van der Waals surface area contributed by atoms with Crippen molar-refractivity contribution < 1.29 is 9.90 Å². The number of hydrogen-bond donors (Lipinski definition) is 2. The molecule has 4 nitrogen and oxygen atoms in total. The van der Waals surface area contributed by atoms with E-state index in [-0.39, 0.29) is 17.2 Å². The number of carbonyl (C=O) groups excluding carboxylic acids is 1. The quantitative estimate of drug-likeness (QED) is 0.804. The van der Waals surface area contributed by atoms with Crippen molar-refractivity contribution in [3.05, 3.63) is 71.3 Å². The Bertz CT molecular complexity index is 787. The standard InChI is InChI=1S/C22H24N2O2/c1-16(25)13-19(17-5-3-2-4-6-17)14-24-21(26)18-7-9-20(10-8-18)22(15-23)11-12-22/h2-10,16,19,25H,11-14H2,1H3,(H,24,26). The van der Waals surface area contributed by atoms with E-state index in [1.54, 1.807) is 19.1 Å². The van der Waals surface area contributed by atoms with Crippen LogP contribution in [0.15, 0.2) is 54.6 Å². The lowest BCUT2D eigenvalue weighted by Crippen LogP contribution is -2.29. The zero-order chi connectivity index (χ0) is 18.6. The molecule has 0 heterocycles. The smallest absolute Gasteiger partial charge is 0.251 e. The molecule has 0 radical (unpaired) electrons. The molecule has 0 saturated heterocycles. The summed E-state index contributed by atoms with van der Waals surface area (Å²) in [6.07, 6.45) is 1.95. The molecule has 0 aliphatic heterocycles. The van der Waals surface area contributed by atoms with Crippen LogP contribution in [-0.4, -0.2) is 23.7 Å². The minimum absolute atomic E-state index is 0.0627. The lowest BCUT2D eigenvalue weighted by Gasteiger charge is -2.19. The number of aliphatic hydroxyl groups is 1. The summed E-state index contributed by atoms with van der Waals surface area (Å²) in [4.78, 5) is 12.5. The Kier molecular flexibility index (Phi) is 5.39. The summed E-state index contributed by atoms with van der Waals surface area (Å²) < 4.78 is 0. The number of nitriles is 1. The summed E-state index contributed by atoms with van der Waals surface area (Å²) in [5.74, 6) is -0.0716. The third-order valence-electron chi connectivity index (χ3n) is 5.07. The molecule has 4 heteroatoms. The van der Waals surface area contributed by atoms with E-state index >= 15 is 0 Å².